The summed E-state index contributed by atoms with van der Waals surface area (Å²) in [7, 11) is 0. The van der Waals surface area contributed by atoms with E-state index in [0.717, 1.165) is 34.7 Å². The van der Waals surface area contributed by atoms with Gasteiger partial charge in [0.1, 0.15) is 4.83 Å². The summed E-state index contributed by atoms with van der Waals surface area (Å²) in [6, 6.07) is 0.0754. The predicted molar refractivity (Wildman–Crippen MR) is 98.4 cm³/mol. The van der Waals surface area contributed by atoms with Crippen LogP contribution in [-0.2, 0) is 17.8 Å². The van der Waals surface area contributed by atoms with Gasteiger partial charge in [0.25, 0.3) is 5.56 Å². The number of ether oxygens (including phenoxy) is 1. The van der Waals surface area contributed by atoms with E-state index >= 15 is 0 Å². The van der Waals surface area contributed by atoms with Crippen molar-refractivity contribution < 1.29 is 4.74 Å². The molecule has 7 nitrogen and oxygen atoms in total. The molecule has 0 amide bonds. The highest BCUT2D eigenvalue weighted by atomic mass is 32.1. The smallest absolute Gasteiger partial charge is 0.332 e. The Bertz CT molecular complexity index is 905. The van der Waals surface area contributed by atoms with Crippen LogP contribution in [0.15, 0.2) is 9.59 Å². The van der Waals surface area contributed by atoms with Crippen LogP contribution < -0.4 is 22.3 Å². The Morgan fingerprint density at radius 3 is 2.68 bits per heavy atom. The quantitative estimate of drug-likeness (QED) is 0.701. The fraction of sp³-hybridized carbons (Fsp3) is 0.647. The van der Waals surface area contributed by atoms with Crippen LogP contribution in [0.1, 0.15) is 29.3 Å². The molecular formula is C17H24N4O3S. The van der Waals surface area contributed by atoms with Gasteiger partial charge in [0.05, 0.1) is 18.6 Å². The summed E-state index contributed by atoms with van der Waals surface area (Å²) in [5.74, 6) is 0.354. The van der Waals surface area contributed by atoms with E-state index in [0.29, 0.717) is 44.2 Å². The number of fused-ring (bicyclic) bond motifs is 1. The number of hydrogen-bond donors (Lipinski definition) is 2. The van der Waals surface area contributed by atoms with E-state index in [1.165, 1.54) is 4.57 Å². The number of nitrogens with one attached hydrogen (secondary N) is 1. The number of hydrogen-bond acceptors (Lipinski definition) is 6. The lowest BCUT2D eigenvalue weighted by molar-refractivity contribution is -0.0394. The summed E-state index contributed by atoms with van der Waals surface area (Å²) in [5.41, 5.74) is 6.25. The zero-order valence-corrected chi connectivity index (χ0v) is 15.2. The second-order valence-electron chi connectivity index (χ2n) is 7.00. The molecule has 0 radical (unpaired) electrons. The number of rotatable bonds is 7. The second kappa shape index (κ2) is 6.68. The molecule has 2 fully saturated rings. The third-order valence-corrected chi connectivity index (χ3v) is 6.32. The maximum atomic E-state index is 13.0. The summed E-state index contributed by atoms with van der Waals surface area (Å²) in [6.45, 7) is 5.96. The van der Waals surface area contributed by atoms with Gasteiger partial charge in [-0.3, -0.25) is 13.9 Å². The topological polar surface area (TPSA) is 91.3 Å². The number of nitrogens with two attached hydrogens (primary N) is 1. The average Bonchev–Trinajstić information content (AvgIpc) is 3.31. The van der Waals surface area contributed by atoms with Crippen LogP contribution in [0.25, 0.3) is 10.2 Å². The molecule has 0 bridgehead atoms. The van der Waals surface area contributed by atoms with Gasteiger partial charge in [0.15, 0.2) is 0 Å². The first-order valence-corrected chi connectivity index (χ1v) is 9.69. The SMILES string of the molecule is Cc1c(CNCCN)sc2c1c(=O)n(C1CC1)c(=O)n2CC1COC1. The van der Waals surface area contributed by atoms with Gasteiger partial charge in [-0.15, -0.1) is 11.3 Å². The first-order chi connectivity index (χ1) is 12.1. The van der Waals surface area contributed by atoms with E-state index in [9.17, 15) is 9.59 Å². The molecule has 1 aliphatic heterocycles. The summed E-state index contributed by atoms with van der Waals surface area (Å²) in [6.07, 6.45) is 1.84. The maximum Gasteiger partial charge on any atom is 0.332 e. The van der Waals surface area contributed by atoms with Crippen molar-refractivity contribution in [2.45, 2.75) is 38.9 Å². The highest BCUT2D eigenvalue weighted by molar-refractivity contribution is 7.18. The Kier molecular flexibility index (Phi) is 4.53. The van der Waals surface area contributed by atoms with Gasteiger partial charge in [-0.05, 0) is 25.3 Å². The largest absolute Gasteiger partial charge is 0.381 e. The predicted octanol–water partition coefficient (Wildman–Crippen LogP) is 0.563. The highest BCUT2D eigenvalue weighted by Crippen LogP contribution is 2.34. The molecular weight excluding hydrogens is 340 g/mol. The van der Waals surface area contributed by atoms with Crippen LogP contribution in [0.2, 0.25) is 0 Å². The standard InChI is InChI=1S/C17H24N4O3S/c1-10-13(6-19-5-4-18)25-16-14(10)15(22)21(12-2-3-12)17(23)20(16)7-11-8-24-9-11/h11-12,19H,2-9,18H2,1H3. The van der Waals surface area contributed by atoms with E-state index in [1.54, 1.807) is 11.3 Å². The first-order valence-electron chi connectivity index (χ1n) is 8.87. The molecule has 4 rings (SSSR count). The monoisotopic (exact) mass is 364 g/mol. The van der Waals surface area contributed by atoms with Crippen molar-refractivity contribution in [1.82, 2.24) is 14.5 Å². The van der Waals surface area contributed by atoms with E-state index < -0.39 is 0 Å². The number of aromatic nitrogens is 2. The lowest BCUT2D eigenvalue weighted by Gasteiger charge is -2.27. The molecule has 1 saturated carbocycles. The lowest BCUT2D eigenvalue weighted by atomic mass is 10.1. The minimum Gasteiger partial charge on any atom is -0.381 e. The van der Waals surface area contributed by atoms with Crippen LogP contribution in [0.4, 0.5) is 0 Å². The van der Waals surface area contributed by atoms with E-state index in [2.05, 4.69) is 5.32 Å². The van der Waals surface area contributed by atoms with Crippen LogP contribution in [0.5, 0.6) is 0 Å². The molecule has 2 aromatic heterocycles. The average molecular weight is 364 g/mol. The Labute approximate surface area is 149 Å². The number of thiophene rings is 1. The van der Waals surface area contributed by atoms with Gasteiger partial charge < -0.3 is 15.8 Å². The van der Waals surface area contributed by atoms with Gasteiger partial charge in [-0.2, -0.15) is 0 Å². The molecule has 3 N–H and O–H groups in total. The molecule has 25 heavy (non-hydrogen) atoms. The molecule has 136 valence electrons. The second-order valence-corrected chi connectivity index (χ2v) is 8.08. The zero-order valence-electron chi connectivity index (χ0n) is 14.4. The minimum atomic E-state index is -0.158. The van der Waals surface area contributed by atoms with Gasteiger partial charge in [0, 0.05) is 43.0 Å². The Hall–Kier alpha value is -1.48. The van der Waals surface area contributed by atoms with Crippen molar-refractivity contribution in [3.05, 3.63) is 31.3 Å². The molecule has 1 saturated heterocycles. The molecule has 0 spiro atoms. The van der Waals surface area contributed by atoms with Crippen molar-refractivity contribution >= 4 is 21.6 Å². The van der Waals surface area contributed by atoms with E-state index in [-0.39, 0.29) is 17.3 Å². The molecule has 2 aliphatic rings. The molecule has 2 aromatic rings. The van der Waals surface area contributed by atoms with Crippen molar-refractivity contribution in [3.63, 3.8) is 0 Å². The van der Waals surface area contributed by atoms with Crippen LogP contribution in [0, 0.1) is 12.8 Å². The molecule has 1 aliphatic carbocycles. The van der Waals surface area contributed by atoms with Gasteiger partial charge in [-0.25, -0.2) is 4.79 Å². The third kappa shape index (κ3) is 2.97. The number of aryl methyl sites for hydroxylation is 1. The molecule has 8 heteroatoms. The van der Waals surface area contributed by atoms with Crippen molar-refractivity contribution in [3.8, 4) is 0 Å². The van der Waals surface area contributed by atoms with Gasteiger partial charge in [0.2, 0.25) is 0 Å². The highest BCUT2D eigenvalue weighted by Gasteiger charge is 2.31. The van der Waals surface area contributed by atoms with Crippen molar-refractivity contribution in [1.29, 1.82) is 0 Å². The van der Waals surface area contributed by atoms with Crippen LogP contribution in [0.3, 0.4) is 0 Å². The fourth-order valence-electron chi connectivity index (χ4n) is 3.35. The summed E-state index contributed by atoms with van der Waals surface area (Å²) in [5, 5.41) is 4.00. The van der Waals surface area contributed by atoms with Crippen molar-refractivity contribution in [2.75, 3.05) is 26.3 Å². The van der Waals surface area contributed by atoms with E-state index in [4.69, 9.17) is 10.5 Å². The maximum absolute atomic E-state index is 13.0. The van der Waals surface area contributed by atoms with Gasteiger partial charge in [-0.1, -0.05) is 0 Å². The normalized spacial score (nSPS) is 18.0. The minimum absolute atomic E-state index is 0.0754. The Morgan fingerprint density at radius 1 is 1.32 bits per heavy atom. The zero-order chi connectivity index (χ0) is 17.6. The summed E-state index contributed by atoms with van der Waals surface area (Å²) in [4.78, 5) is 27.9. The van der Waals surface area contributed by atoms with Gasteiger partial charge >= 0.3 is 5.69 Å². The molecule has 0 unspecified atom stereocenters. The van der Waals surface area contributed by atoms with E-state index in [1.807, 2.05) is 11.5 Å². The number of nitrogens with zero attached hydrogens (tertiary/aromatic N) is 2. The summed E-state index contributed by atoms with van der Waals surface area (Å²) < 4.78 is 8.56. The van der Waals surface area contributed by atoms with Crippen LogP contribution in [-0.4, -0.2) is 35.4 Å². The third-order valence-electron chi connectivity index (χ3n) is 5.01. The fourth-order valence-corrected chi connectivity index (χ4v) is 4.61. The van der Waals surface area contributed by atoms with Crippen molar-refractivity contribution in [2.24, 2.45) is 11.7 Å². The molecule has 0 aromatic carbocycles. The summed E-state index contributed by atoms with van der Waals surface area (Å²) >= 11 is 1.55. The molecule has 0 atom stereocenters. The van der Waals surface area contributed by atoms with Crippen LogP contribution >= 0.6 is 11.3 Å². The lowest BCUT2D eigenvalue weighted by Crippen LogP contribution is -2.42. The molecule has 3 heterocycles. The Morgan fingerprint density at radius 2 is 2.08 bits per heavy atom. The Balaban J connectivity index is 1.86. The first kappa shape index (κ1) is 17.0.